The second kappa shape index (κ2) is 8.60. The van der Waals surface area contributed by atoms with Gasteiger partial charge in [-0.1, -0.05) is 48.6 Å². The molecule has 0 fully saturated rings. The van der Waals surface area contributed by atoms with Crippen molar-refractivity contribution in [3.8, 4) is 0 Å². The maximum absolute atomic E-state index is 5.17. The van der Waals surface area contributed by atoms with Crippen molar-refractivity contribution < 1.29 is 0 Å². The number of nitrogens with two attached hydrogens (primary N) is 1. The molecule has 70 valence electrons. The fraction of sp³-hybridized carbons (Fsp3) is 0.167. The fourth-order valence-electron chi connectivity index (χ4n) is 0.733. The Balaban J connectivity index is 3.75. The van der Waals surface area contributed by atoms with E-state index in [1.807, 2.05) is 43.4 Å². The molecule has 0 aromatic carbocycles. The summed E-state index contributed by atoms with van der Waals surface area (Å²) in [7, 11) is 0. The highest BCUT2D eigenvalue weighted by Crippen LogP contribution is 2.01. The molecule has 0 rings (SSSR count). The molecule has 2 N–H and O–H groups in total. The molecule has 1 nitrogen and oxygen atoms in total. The van der Waals surface area contributed by atoms with Crippen LogP contribution in [0.2, 0.25) is 0 Å². The first kappa shape index (κ1) is 11.5. The van der Waals surface area contributed by atoms with Gasteiger partial charge in [-0.25, -0.2) is 0 Å². The third-order valence-corrected chi connectivity index (χ3v) is 1.37. The Bertz CT molecular complexity index is 242. The molecule has 0 amide bonds. The lowest BCUT2D eigenvalue weighted by Crippen LogP contribution is -1.73. The Kier molecular flexibility index (Phi) is 7.60. The number of hydrogen-bond acceptors (Lipinski definition) is 1. The Labute approximate surface area is 80.6 Å². The van der Waals surface area contributed by atoms with Crippen LogP contribution in [0.4, 0.5) is 0 Å². The molecule has 0 aromatic heterocycles. The molecule has 0 saturated heterocycles. The molecule has 0 aromatic rings. The van der Waals surface area contributed by atoms with Gasteiger partial charge in [0.15, 0.2) is 0 Å². The van der Waals surface area contributed by atoms with Gasteiger partial charge < -0.3 is 5.73 Å². The average molecular weight is 175 g/mol. The van der Waals surface area contributed by atoms with Crippen molar-refractivity contribution in [2.24, 2.45) is 5.73 Å². The van der Waals surface area contributed by atoms with E-state index in [-0.39, 0.29) is 0 Å². The van der Waals surface area contributed by atoms with Crippen molar-refractivity contribution >= 4 is 0 Å². The minimum atomic E-state index is 0.860. The summed E-state index contributed by atoms with van der Waals surface area (Å²) >= 11 is 0. The van der Waals surface area contributed by atoms with Crippen LogP contribution in [0.25, 0.3) is 0 Å². The highest BCUT2D eigenvalue weighted by molar-refractivity contribution is 5.22. The minimum Gasteiger partial charge on any atom is -0.405 e. The quantitative estimate of drug-likeness (QED) is 0.638. The van der Waals surface area contributed by atoms with Crippen LogP contribution in [0, 0.1) is 0 Å². The van der Waals surface area contributed by atoms with Gasteiger partial charge in [0.1, 0.15) is 0 Å². The number of allylic oxidation sites excluding steroid dienone is 8. The van der Waals surface area contributed by atoms with Gasteiger partial charge in [0, 0.05) is 0 Å². The fourth-order valence-corrected chi connectivity index (χ4v) is 0.733. The highest BCUT2D eigenvalue weighted by atomic mass is 14.5. The Morgan fingerprint density at radius 3 is 2.62 bits per heavy atom. The normalized spacial score (nSPS) is 12.7. The van der Waals surface area contributed by atoms with E-state index in [0.29, 0.717) is 0 Å². The lowest BCUT2D eigenvalue weighted by molar-refractivity contribution is 1.30. The van der Waals surface area contributed by atoms with Crippen LogP contribution < -0.4 is 5.73 Å². The van der Waals surface area contributed by atoms with Crippen molar-refractivity contribution in [1.29, 1.82) is 0 Å². The number of hydrogen-bond donors (Lipinski definition) is 1. The van der Waals surface area contributed by atoms with Gasteiger partial charge in [-0.05, 0) is 25.6 Å². The van der Waals surface area contributed by atoms with Crippen LogP contribution in [0.3, 0.4) is 0 Å². The highest BCUT2D eigenvalue weighted by Gasteiger charge is 1.80. The van der Waals surface area contributed by atoms with Gasteiger partial charge in [0.2, 0.25) is 0 Å². The zero-order valence-corrected chi connectivity index (χ0v) is 8.11. The molecular weight excluding hydrogens is 158 g/mol. The number of rotatable bonds is 5. The molecule has 0 atom stereocenters. The molecule has 0 aliphatic rings. The van der Waals surface area contributed by atoms with Crippen molar-refractivity contribution in [2.75, 3.05) is 0 Å². The summed E-state index contributed by atoms with van der Waals surface area (Å²) in [5.74, 6) is 0. The summed E-state index contributed by atoms with van der Waals surface area (Å²) in [6.07, 6.45) is 16.0. The molecule has 0 aliphatic heterocycles. The Morgan fingerprint density at radius 2 is 2.00 bits per heavy atom. The Morgan fingerprint density at radius 1 is 1.23 bits per heavy atom. The second-order valence-electron chi connectivity index (χ2n) is 2.56. The smallest absolute Gasteiger partial charge is 0.00625 e. The maximum Gasteiger partial charge on any atom is -0.00625 e. The molecule has 0 bridgehead atoms. The summed E-state index contributed by atoms with van der Waals surface area (Å²) in [6, 6.07) is 0. The molecule has 0 radical (unpaired) electrons. The van der Waals surface area contributed by atoms with Crippen LogP contribution in [-0.4, -0.2) is 0 Å². The van der Waals surface area contributed by atoms with E-state index in [0.717, 1.165) is 12.0 Å². The van der Waals surface area contributed by atoms with Gasteiger partial charge in [-0.2, -0.15) is 0 Å². The predicted octanol–water partition coefficient (Wildman–Crippen LogP) is 3.09. The molecule has 1 heteroatoms. The van der Waals surface area contributed by atoms with Gasteiger partial charge >= 0.3 is 0 Å². The molecule has 0 aliphatic carbocycles. The zero-order chi connectivity index (χ0) is 9.94. The molecule has 0 heterocycles. The third kappa shape index (κ3) is 8.41. The SMILES string of the molecule is C=C(/C=C\C=C/C)C/C=C\C=C/N. The van der Waals surface area contributed by atoms with E-state index in [4.69, 9.17) is 5.73 Å². The van der Waals surface area contributed by atoms with Crippen molar-refractivity contribution in [3.63, 3.8) is 0 Å². The molecule has 0 spiro atoms. The topological polar surface area (TPSA) is 26.0 Å². The molecular formula is C12H17N. The zero-order valence-electron chi connectivity index (χ0n) is 8.11. The summed E-state index contributed by atoms with van der Waals surface area (Å²) in [5, 5.41) is 0. The van der Waals surface area contributed by atoms with E-state index in [2.05, 4.69) is 6.58 Å². The van der Waals surface area contributed by atoms with Gasteiger partial charge in [0.05, 0.1) is 0 Å². The van der Waals surface area contributed by atoms with Gasteiger partial charge in [-0.3, -0.25) is 0 Å². The van der Waals surface area contributed by atoms with Crippen LogP contribution in [0.15, 0.2) is 60.9 Å². The minimum absolute atomic E-state index is 0.860. The summed E-state index contributed by atoms with van der Waals surface area (Å²) < 4.78 is 0. The summed E-state index contributed by atoms with van der Waals surface area (Å²) in [4.78, 5) is 0. The largest absolute Gasteiger partial charge is 0.405 e. The lowest BCUT2D eigenvalue weighted by Gasteiger charge is -1.90. The van der Waals surface area contributed by atoms with E-state index in [9.17, 15) is 0 Å². The lowest BCUT2D eigenvalue weighted by atomic mass is 10.2. The molecule has 0 unspecified atom stereocenters. The first-order chi connectivity index (χ1) is 6.31. The van der Waals surface area contributed by atoms with E-state index in [1.165, 1.54) is 6.20 Å². The second-order valence-corrected chi connectivity index (χ2v) is 2.56. The predicted molar refractivity (Wildman–Crippen MR) is 60.2 cm³/mol. The summed E-state index contributed by atoms with van der Waals surface area (Å²) in [6.45, 7) is 5.88. The third-order valence-electron chi connectivity index (χ3n) is 1.37. The van der Waals surface area contributed by atoms with Crippen LogP contribution in [0.5, 0.6) is 0 Å². The van der Waals surface area contributed by atoms with Crippen LogP contribution in [-0.2, 0) is 0 Å². The van der Waals surface area contributed by atoms with E-state index >= 15 is 0 Å². The molecule has 0 saturated carbocycles. The Hall–Kier alpha value is -1.50. The van der Waals surface area contributed by atoms with Crippen LogP contribution in [0.1, 0.15) is 13.3 Å². The van der Waals surface area contributed by atoms with Crippen molar-refractivity contribution in [1.82, 2.24) is 0 Å². The molecule has 13 heavy (non-hydrogen) atoms. The first-order valence-corrected chi connectivity index (χ1v) is 4.31. The van der Waals surface area contributed by atoms with Gasteiger partial charge in [0.25, 0.3) is 0 Å². The maximum atomic E-state index is 5.17. The van der Waals surface area contributed by atoms with E-state index < -0.39 is 0 Å². The van der Waals surface area contributed by atoms with Crippen molar-refractivity contribution in [3.05, 3.63) is 60.9 Å². The average Bonchev–Trinajstić information content (AvgIpc) is 2.13. The monoisotopic (exact) mass is 175 g/mol. The first-order valence-electron chi connectivity index (χ1n) is 4.31. The van der Waals surface area contributed by atoms with Gasteiger partial charge in [-0.15, -0.1) is 0 Å². The summed E-state index contributed by atoms with van der Waals surface area (Å²) in [5.41, 5.74) is 6.25. The van der Waals surface area contributed by atoms with E-state index in [1.54, 1.807) is 6.08 Å². The standard InChI is InChI=1S/C12H17N/c1-3-4-6-9-12(2)10-7-5-8-11-13/h3-9,11H,2,10,13H2,1H3/b4-3-,7-5-,9-6-,11-8-. The van der Waals surface area contributed by atoms with Crippen LogP contribution >= 0.6 is 0 Å². The van der Waals surface area contributed by atoms with Crippen molar-refractivity contribution in [2.45, 2.75) is 13.3 Å².